The molecule has 0 aromatic rings. The van der Waals surface area contributed by atoms with Gasteiger partial charge in [-0.25, -0.2) is 4.31 Å². The molecular formula is C8H16INS. The Hall–Kier alpha value is 0.780. The van der Waals surface area contributed by atoms with Crippen LogP contribution in [0.2, 0.25) is 0 Å². The van der Waals surface area contributed by atoms with Crippen LogP contribution in [-0.4, -0.2) is 17.9 Å². The largest absolute Gasteiger partial charge is 0.241 e. The zero-order chi connectivity index (χ0) is 8.85. The highest BCUT2D eigenvalue weighted by molar-refractivity contribution is 14.2. The molecule has 0 saturated carbocycles. The SMILES string of the molecule is CC/C(C)=C(/C)CN(C)SI. The lowest BCUT2D eigenvalue weighted by atomic mass is 10.1. The average molecular weight is 285 g/mol. The van der Waals surface area contributed by atoms with E-state index in [0.717, 1.165) is 6.54 Å². The molecule has 0 heterocycles. The van der Waals surface area contributed by atoms with E-state index in [2.05, 4.69) is 53.3 Å². The molecule has 0 aromatic heterocycles. The Morgan fingerprint density at radius 1 is 1.36 bits per heavy atom. The van der Waals surface area contributed by atoms with Crippen LogP contribution in [-0.2, 0) is 0 Å². The molecule has 1 nitrogen and oxygen atoms in total. The van der Waals surface area contributed by atoms with Gasteiger partial charge in [-0.3, -0.25) is 0 Å². The molecule has 0 aromatic carbocycles. The molecule has 0 spiro atoms. The first kappa shape index (κ1) is 11.8. The van der Waals surface area contributed by atoms with E-state index in [0.29, 0.717) is 0 Å². The second kappa shape index (κ2) is 6.31. The van der Waals surface area contributed by atoms with Crippen molar-refractivity contribution in [3.05, 3.63) is 11.1 Å². The van der Waals surface area contributed by atoms with Gasteiger partial charge in [0.05, 0.1) is 0 Å². The van der Waals surface area contributed by atoms with Gasteiger partial charge >= 0.3 is 0 Å². The maximum atomic E-state index is 2.30. The highest BCUT2D eigenvalue weighted by Gasteiger charge is 1.99. The summed E-state index contributed by atoms with van der Waals surface area (Å²) < 4.78 is 2.23. The third-order valence-electron chi connectivity index (χ3n) is 1.84. The summed E-state index contributed by atoms with van der Waals surface area (Å²) in [5, 5.41) is 0. The first-order chi connectivity index (χ1) is 5.11. The quantitative estimate of drug-likeness (QED) is 0.440. The number of nitrogens with zero attached hydrogens (tertiary/aromatic N) is 1. The zero-order valence-electron chi connectivity index (χ0n) is 7.65. The summed E-state index contributed by atoms with van der Waals surface area (Å²) in [7, 11) is 3.86. The van der Waals surface area contributed by atoms with Crippen LogP contribution in [0.15, 0.2) is 11.1 Å². The van der Waals surface area contributed by atoms with Crippen LogP contribution in [0.1, 0.15) is 27.2 Å². The van der Waals surface area contributed by atoms with Gasteiger partial charge in [0.2, 0.25) is 0 Å². The summed E-state index contributed by atoms with van der Waals surface area (Å²) in [5.41, 5.74) is 3.02. The molecular weight excluding hydrogens is 269 g/mol. The minimum Gasteiger partial charge on any atom is -0.241 e. The molecule has 0 rings (SSSR count). The van der Waals surface area contributed by atoms with Gasteiger partial charge in [-0.15, -0.1) is 0 Å². The van der Waals surface area contributed by atoms with Gasteiger partial charge in [-0.05, 0) is 36.4 Å². The predicted molar refractivity (Wildman–Crippen MR) is 62.9 cm³/mol. The van der Waals surface area contributed by atoms with Gasteiger partial charge < -0.3 is 0 Å². The number of allylic oxidation sites excluding steroid dienone is 1. The maximum absolute atomic E-state index is 2.30. The van der Waals surface area contributed by atoms with Crippen LogP contribution in [0.4, 0.5) is 0 Å². The molecule has 0 saturated heterocycles. The fraction of sp³-hybridized carbons (Fsp3) is 0.750. The van der Waals surface area contributed by atoms with Crippen molar-refractivity contribution in [3.8, 4) is 0 Å². The van der Waals surface area contributed by atoms with Crippen LogP contribution < -0.4 is 0 Å². The van der Waals surface area contributed by atoms with Gasteiger partial charge in [0, 0.05) is 27.8 Å². The monoisotopic (exact) mass is 285 g/mol. The Labute approximate surface area is 86.3 Å². The standard InChI is InChI=1S/C8H16INS/c1-5-7(2)8(3)6-10(4)11-9/h5-6H2,1-4H3/b8-7-. The van der Waals surface area contributed by atoms with Crippen LogP contribution >= 0.6 is 30.3 Å². The van der Waals surface area contributed by atoms with Gasteiger partial charge in [0.1, 0.15) is 0 Å². The van der Waals surface area contributed by atoms with Crippen LogP contribution in [0.5, 0.6) is 0 Å². The summed E-state index contributed by atoms with van der Waals surface area (Å²) in [4.78, 5) is 0. The van der Waals surface area contributed by atoms with Crippen LogP contribution in [0, 0.1) is 0 Å². The molecule has 0 radical (unpaired) electrons. The van der Waals surface area contributed by atoms with Crippen molar-refractivity contribution in [2.24, 2.45) is 0 Å². The topological polar surface area (TPSA) is 3.24 Å². The number of hydrogen-bond acceptors (Lipinski definition) is 2. The fourth-order valence-corrected chi connectivity index (χ4v) is 1.46. The molecule has 0 N–H and O–H groups in total. The molecule has 0 unspecified atom stereocenters. The minimum atomic E-state index is 1.08. The number of likely N-dealkylation sites (N-methyl/N-ethyl adjacent to an activating group) is 1. The zero-order valence-corrected chi connectivity index (χ0v) is 10.6. The molecule has 0 aliphatic heterocycles. The van der Waals surface area contributed by atoms with Crippen molar-refractivity contribution in [2.45, 2.75) is 27.2 Å². The molecule has 0 amide bonds. The summed E-state index contributed by atoms with van der Waals surface area (Å²) >= 11 is 2.30. The second-order valence-electron chi connectivity index (χ2n) is 2.77. The lowest BCUT2D eigenvalue weighted by Crippen LogP contribution is -2.10. The lowest BCUT2D eigenvalue weighted by Gasteiger charge is -2.13. The Morgan fingerprint density at radius 2 is 1.91 bits per heavy atom. The highest BCUT2D eigenvalue weighted by atomic mass is 127. The summed E-state index contributed by atoms with van der Waals surface area (Å²) in [6.07, 6.45) is 1.17. The fourth-order valence-electron chi connectivity index (χ4n) is 0.795. The number of hydrogen-bond donors (Lipinski definition) is 0. The molecule has 0 aliphatic carbocycles. The lowest BCUT2D eigenvalue weighted by molar-refractivity contribution is 0.619. The van der Waals surface area contributed by atoms with E-state index >= 15 is 0 Å². The van der Waals surface area contributed by atoms with Crippen molar-refractivity contribution in [3.63, 3.8) is 0 Å². The van der Waals surface area contributed by atoms with E-state index in [1.54, 1.807) is 9.12 Å². The summed E-state index contributed by atoms with van der Waals surface area (Å²) in [6.45, 7) is 7.70. The maximum Gasteiger partial charge on any atom is 0.0303 e. The minimum absolute atomic E-state index is 1.08. The Balaban J connectivity index is 3.94. The Bertz CT molecular complexity index is 145. The van der Waals surface area contributed by atoms with E-state index in [9.17, 15) is 0 Å². The molecule has 66 valence electrons. The molecule has 0 bridgehead atoms. The summed E-state index contributed by atoms with van der Waals surface area (Å²) in [6, 6.07) is 0. The van der Waals surface area contributed by atoms with E-state index < -0.39 is 0 Å². The van der Waals surface area contributed by atoms with Crippen molar-refractivity contribution < 1.29 is 0 Å². The van der Waals surface area contributed by atoms with Crippen molar-refractivity contribution in [2.75, 3.05) is 13.6 Å². The van der Waals surface area contributed by atoms with E-state index in [1.165, 1.54) is 17.6 Å². The molecule has 0 atom stereocenters. The molecule has 11 heavy (non-hydrogen) atoms. The summed E-state index contributed by atoms with van der Waals surface area (Å²) in [5.74, 6) is 0. The Morgan fingerprint density at radius 3 is 2.27 bits per heavy atom. The Kier molecular flexibility index (Phi) is 6.76. The second-order valence-corrected chi connectivity index (χ2v) is 4.71. The third kappa shape index (κ3) is 5.09. The predicted octanol–water partition coefficient (Wildman–Crippen LogP) is 3.66. The number of halogens is 1. The smallest absolute Gasteiger partial charge is 0.0303 e. The van der Waals surface area contributed by atoms with Gasteiger partial charge in [-0.2, -0.15) is 0 Å². The van der Waals surface area contributed by atoms with E-state index in [1.807, 2.05) is 0 Å². The van der Waals surface area contributed by atoms with E-state index in [-0.39, 0.29) is 0 Å². The third-order valence-corrected chi connectivity index (χ3v) is 4.22. The van der Waals surface area contributed by atoms with Crippen molar-refractivity contribution >= 4 is 30.3 Å². The van der Waals surface area contributed by atoms with Gasteiger partial charge in [-0.1, -0.05) is 18.1 Å². The molecule has 0 aliphatic rings. The number of rotatable bonds is 4. The normalized spacial score (nSPS) is 13.6. The van der Waals surface area contributed by atoms with Gasteiger partial charge in [0.15, 0.2) is 0 Å². The van der Waals surface area contributed by atoms with Crippen LogP contribution in [0.3, 0.4) is 0 Å². The first-order valence-electron chi connectivity index (χ1n) is 3.76. The van der Waals surface area contributed by atoms with Crippen molar-refractivity contribution in [1.82, 2.24) is 4.31 Å². The average Bonchev–Trinajstić information content (AvgIpc) is 2.02. The van der Waals surface area contributed by atoms with Gasteiger partial charge in [0.25, 0.3) is 0 Å². The molecule has 3 heteroatoms. The van der Waals surface area contributed by atoms with Crippen LogP contribution in [0.25, 0.3) is 0 Å². The molecule has 0 fully saturated rings. The highest BCUT2D eigenvalue weighted by Crippen LogP contribution is 2.18. The first-order valence-corrected chi connectivity index (χ1v) is 7.08. The van der Waals surface area contributed by atoms with E-state index in [4.69, 9.17) is 0 Å². The van der Waals surface area contributed by atoms with Crippen molar-refractivity contribution in [1.29, 1.82) is 0 Å².